The van der Waals surface area contributed by atoms with E-state index in [2.05, 4.69) is 5.32 Å². The number of carbonyl (C=O) groups is 2. The van der Waals surface area contributed by atoms with Crippen molar-refractivity contribution in [3.05, 3.63) is 29.3 Å². The molecule has 2 atom stereocenters. The second kappa shape index (κ2) is 5.93. The molecule has 2 unspecified atom stereocenters. The molecular formula is C15H18ClNO4. The molecule has 2 rings (SSSR count). The van der Waals surface area contributed by atoms with Crippen LogP contribution in [-0.2, 0) is 9.59 Å². The Balaban J connectivity index is 1.98. The summed E-state index contributed by atoms with van der Waals surface area (Å²) in [7, 11) is 0. The Kier molecular flexibility index (Phi) is 4.42. The molecule has 1 amide bonds. The number of rotatable bonds is 6. The average molecular weight is 312 g/mol. The van der Waals surface area contributed by atoms with Crippen LogP contribution >= 0.6 is 11.6 Å². The highest BCUT2D eigenvalue weighted by molar-refractivity contribution is 6.30. The maximum absolute atomic E-state index is 12.1. The average Bonchev–Trinajstić information content (AvgIpc) is 3.25. The number of carboxylic acids is 1. The molecule has 0 saturated heterocycles. The fourth-order valence-electron chi connectivity index (χ4n) is 2.12. The van der Waals surface area contributed by atoms with Crippen molar-refractivity contribution in [2.24, 2.45) is 5.92 Å². The molecule has 114 valence electrons. The minimum absolute atomic E-state index is 0.0123. The number of aliphatic carboxylic acids is 1. The van der Waals surface area contributed by atoms with E-state index in [9.17, 15) is 14.7 Å². The van der Waals surface area contributed by atoms with Crippen LogP contribution in [0.4, 0.5) is 0 Å². The fourth-order valence-corrected chi connectivity index (χ4v) is 2.25. The minimum Gasteiger partial charge on any atom is -0.481 e. The molecule has 1 aliphatic rings. The summed E-state index contributed by atoms with van der Waals surface area (Å²) in [6.45, 7) is 3.12. The van der Waals surface area contributed by atoms with Crippen LogP contribution in [0.25, 0.3) is 0 Å². The third kappa shape index (κ3) is 3.67. The van der Waals surface area contributed by atoms with Gasteiger partial charge in [0.2, 0.25) is 0 Å². The Morgan fingerprint density at radius 2 is 1.95 bits per heavy atom. The van der Waals surface area contributed by atoms with Crippen molar-refractivity contribution in [3.63, 3.8) is 0 Å². The normalized spacial score (nSPS) is 18.4. The molecular weight excluding hydrogens is 294 g/mol. The summed E-state index contributed by atoms with van der Waals surface area (Å²) in [5, 5.41) is 12.5. The van der Waals surface area contributed by atoms with Gasteiger partial charge < -0.3 is 15.2 Å². The zero-order valence-electron chi connectivity index (χ0n) is 11.9. The van der Waals surface area contributed by atoms with Gasteiger partial charge in [0.15, 0.2) is 6.10 Å². The smallest absolute Gasteiger partial charge is 0.329 e. The highest BCUT2D eigenvalue weighted by Crippen LogP contribution is 2.39. The SMILES string of the molecule is CC(Oc1ccc(Cl)cc1)C(=O)NC(C)(C(=O)O)C1CC1. The number of carboxylic acid groups (broad SMARTS) is 1. The molecule has 0 bridgehead atoms. The second-order valence-electron chi connectivity index (χ2n) is 5.49. The van der Waals surface area contributed by atoms with E-state index in [1.165, 1.54) is 0 Å². The third-order valence-corrected chi connectivity index (χ3v) is 3.97. The molecule has 6 heteroatoms. The largest absolute Gasteiger partial charge is 0.481 e. The maximum Gasteiger partial charge on any atom is 0.329 e. The molecule has 1 saturated carbocycles. The zero-order chi connectivity index (χ0) is 15.6. The first kappa shape index (κ1) is 15.6. The first-order valence-corrected chi connectivity index (χ1v) is 7.18. The van der Waals surface area contributed by atoms with Gasteiger partial charge in [0.1, 0.15) is 11.3 Å². The van der Waals surface area contributed by atoms with Crippen LogP contribution < -0.4 is 10.1 Å². The number of amides is 1. The van der Waals surface area contributed by atoms with Crippen molar-refractivity contribution in [2.75, 3.05) is 0 Å². The lowest BCUT2D eigenvalue weighted by Gasteiger charge is -2.27. The van der Waals surface area contributed by atoms with E-state index < -0.39 is 23.5 Å². The predicted octanol–water partition coefficient (Wildman–Crippen LogP) is 2.48. The summed E-state index contributed by atoms with van der Waals surface area (Å²) in [4.78, 5) is 23.5. The van der Waals surface area contributed by atoms with Crippen LogP contribution in [0.15, 0.2) is 24.3 Å². The first-order valence-electron chi connectivity index (χ1n) is 6.80. The summed E-state index contributed by atoms with van der Waals surface area (Å²) in [6.07, 6.45) is 0.842. The molecule has 1 aliphatic carbocycles. The number of ether oxygens (including phenoxy) is 1. The van der Waals surface area contributed by atoms with Crippen LogP contribution in [0.3, 0.4) is 0 Å². The van der Waals surface area contributed by atoms with Crippen molar-refractivity contribution in [1.29, 1.82) is 0 Å². The van der Waals surface area contributed by atoms with E-state index in [-0.39, 0.29) is 5.92 Å². The van der Waals surface area contributed by atoms with Gasteiger partial charge >= 0.3 is 5.97 Å². The van der Waals surface area contributed by atoms with Crippen LogP contribution in [0, 0.1) is 5.92 Å². The molecule has 1 fully saturated rings. The van der Waals surface area contributed by atoms with Gasteiger partial charge in [0.25, 0.3) is 5.91 Å². The van der Waals surface area contributed by atoms with Gasteiger partial charge in [-0.25, -0.2) is 4.79 Å². The van der Waals surface area contributed by atoms with E-state index >= 15 is 0 Å². The van der Waals surface area contributed by atoms with Crippen LogP contribution in [0.2, 0.25) is 5.02 Å². The Labute approximate surface area is 128 Å². The molecule has 2 N–H and O–H groups in total. The third-order valence-electron chi connectivity index (χ3n) is 3.72. The summed E-state index contributed by atoms with van der Waals surface area (Å²) < 4.78 is 5.49. The van der Waals surface area contributed by atoms with Gasteiger partial charge in [-0.3, -0.25) is 4.79 Å². The summed E-state index contributed by atoms with van der Waals surface area (Å²) in [6, 6.07) is 6.63. The van der Waals surface area contributed by atoms with Gasteiger partial charge in [0, 0.05) is 5.02 Å². The molecule has 1 aromatic rings. The Bertz CT molecular complexity index is 541. The van der Waals surface area contributed by atoms with Crippen molar-refractivity contribution >= 4 is 23.5 Å². The van der Waals surface area contributed by atoms with E-state index in [1.807, 2.05) is 0 Å². The lowest BCUT2D eigenvalue weighted by atomic mass is 9.95. The van der Waals surface area contributed by atoms with E-state index in [0.717, 1.165) is 12.8 Å². The van der Waals surface area contributed by atoms with Crippen molar-refractivity contribution in [1.82, 2.24) is 5.32 Å². The minimum atomic E-state index is -1.23. The van der Waals surface area contributed by atoms with Crippen LogP contribution in [0.1, 0.15) is 26.7 Å². The topological polar surface area (TPSA) is 75.6 Å². The van der Waals surface area contributed by atoms with Gasteiger partial charge in [-0.2, -0.15) is 0 Å². The molecule has 1 aromatic carbocycles. The Morgan fingerprint density at radius 3 is 2.43 bits per heavy atom. The Hall–Kier alpha value is -1.75. The monoisotopic (exact) mass is 311 g/mol. The van der Waals surface area contributed by atoms with Crippen molar-refractivity contribution < 1.29 is 19.4 Å². The first-order chi connectivity index (χ1) is 9.83. The highest BCUT2D eigenvalue weighted by Gasteiger charge is 2.49. The van der Waals surface area contributed by atoms with Crippen molar-refractivity contribution in [3.8, 4) is 5.75 Å². The number of halogens is 1. The van der Waals surface area contributed by atoms with E-state index in [4.69, 9.17) is 16.3 Å². The fraction of sp³-hybridized carbons (Fsp3) is 0.467. The number of hydrogen-bond acceptors (Lipinski definition) is 3. The molecule has 0 heterocycles. The van der Waals surface area contributed by atoms with Gasteiger partial charge in [0.05, 0.1) is 0 Å². The van der Waals surface area contributed by atoms with E-state index in [1.54, 1.807) is 38.1 Å². The van der Waals surface area contributed by atoms with Gasteiger partial charge in [-0.05, 0) is 56.9 Å². The summed E-state index contributed by atoms with van der Waals surface area (Å²) >= 11 is 5.77. The molecule has 0 spiro atoms. The van der Waals surface area contributed by atoms with Gasteiger partial charge in [-0.1, -0.05) is 11.6 Å². The highest BCUT2D eigenvalue weighted by atomic mass is 35.5. The summed E-state index contributed by atoms with van der Waals surface area (Å²) in [5.41, 5.74) is -1.23. The lowest BCUT2D eigenvalue weighted by Crippen LogP contribution is -2.56. The molecule has 21 heavy (non-hydrogen) atoms. The molecule has 5 nitrogen and oxygen atoms in total. The second-order valence-corrected chi connectivity index (χ2v) is 5.92. The number of nitrogens with one attached hydrogen (secondary N) is 1. The van der Waals surface area contributed by atoms with Gasteiger partial charge in [-0.15, -0.1) is 0 Å². The molecule has 0 radical (unpaired) electrons. The summed E-state index contributed by atoms with van der Waals surface area (Å²) in [5.74, 6) is -0.967. The van der Waals surface area contributed by atoms with Crippen LogP contribution in [0.5, 0.6) is 5.75 Å². The maximum atomic E-state index is 12.1. The zero-order valence-corrected chi connectivity index (χ0v) is 12.7. The lowest BCUT2D eigenvalue weighted by molar-refractivity contribution is -0.149. The number of benzene rings is 1. The van der Waals surface area contributed by atoms with Crippen LogP contribution in [-0.4, -0.2) is 28.6 Å². The number of hydrogen-bond donors (Lipinski definition) is 2. The van der Waals surface area contributed by atoms with E-state index in [0.29, 0.717) is 10.8 Å². The predicted molar refractivity (Wildman–Crippen MR) is 78.4 cm³/mol. The van der Waals surface area contributed by atoms with Crippen molar-refractivity contribution in [2.45, 2.75) is 38.3 Å². The number of carbonyl (C=O) groups excluding carboxylic acids is 1. The quantitative estimate of drug-likeness (QED) is 0.846. The molecule has 0 aromatic heterocycles. The molecule has 0 aliphatic heterocycles. The Morgan fingerprint density at radius 1 is 1.38 bits per heavy atom. The standard InChI is InChI=1S/C15H18ClNO4/c1-9(21-12-7-5-11(16)6-8-12)13(18)17-15(2,14(19)20)10-3-4-10/h5-10H,3-4H2,1-2H3,(H,17,18)(H,19,20).